The lowest BCUT2D eigenvalue weighted by Crippen LogP contribution is -2.39. The molecule has 1 saturated heterocycles. The van der Waals surface area contributed by atoms with E-state index in [-0.39, 0.29) is 24.4 Å². The van der Waals surface area contributed by atoms with Gasteiger partial charge < -0.3 is 15.2 Å². The van der Waals surface area contributed by atoms with E-state index in [0.29, 0.717) is 31.8 Å². The molecule has 0 aromatic heterocycles. The van der Waals surface area contributed by atoms with Gasteiger partial charge in [0.05, 0.1) is 0 Å². The molecule has 3 rings (SSSR count). The van der Waals surface area contributed by atoms with Crippen molar-refractivity contribution in [2.45, 2.75) is 18.6 Å². The minimum absolute atomic E-state index is 0.0124. The molecule has 6 heteroatoms. The third-order valence-corrected chi connectivity index (χ3v) is 4.43. The Labute approximate surface area is 152 Å². The summed E-state index contributed by atoms with van der Waals surface area (Å²) >= 11 is 0. The monoisotopic (exact) mass is 358 g/mol. The summed E-state index contributed by atoms with van der Waals surface area (Å²) in [6.45, 7) is 1.69. The number of carbonyl (C=O) groups is 1. The van der Waals surface area contributed by atoms with E-state index in [1.165, 1.54) is 24.3 Å². The van der Waals surface area contributed by atoms with Crippen molar-refractivity contribution in [2.24, 2.45) is 0 Å². The first-order valence-electron chi connectivity index (χ1n) is 8.74. The van der Waals surface area contributed by atoms with Crippen LogP contribution in [-0.4, -0.2) is 48.3 Å². The number of amides is 1. The number of nitrogens with one attached hydrogen (secondary N) is 1. The predicted molar refractivity (Wildman–Crippen MR) is 96.3 cm³/mol. The molecule has 1 amide bonds. The third-order valence-electron chi connectivity index (χ3n) is 4.43. The van der Waals surface area contributed by atoms with Crippen molar-refractivity contribution in [3.63, 3.8) is 0 Å². The van der Waals surface area contributed by atoms with Crippen LogP contribution in [0.15, 0.2) is 54.6 Å². The molecule has 2 unspecified atom stereocenters. The molecule has 1 aliphatic rings. The molecule has 2 N–H and O–H groups in total. The average molecular weight is 358 g/mol. The molecule has 1 fully saturated rings. The van der Waals surface area contributed by atoms with Gasteiger partial charge in [0.25, 0.3) is 0 Å². The first kappa shape index (κ1) is 18.4. The summed E-state index contributed by atoms with van der Waals surface area (Å²) in [5.41, 5.74) is 1.05. The number of nitrogens with zero attached hydrogens (tertiary/aromatic N) is 1. The lowest BCUT2D eigenvalue weighted by Gasteiger charge is -2.31. The molecule has 1 aliphatic heterocycles. The van der Waals surface area contributed by atoms with E-state index in [9.17, 15) is 14.3 Å². The maximum Gasteiger partial charge on any atom is 0.221 e. The number of carbonyl (C=O) groups excluding carboxylic acids is 1. The molecule has 2 aromatic carbocycles. The molecule has 5 nitrogen and oxygen atoms in total. The summed E-state index contributed by atoms with van der Waals surface area (Å²) in [4.78, 5) is 14.1. The highest BCUT2D eigenvalue weighted by Gasteiger charge is 2.27. The van der Waals surface area contributed by atoms with Crippen molar-refractivity contribution in [3.8, 4) is 5.75 Å². The van der Waals surface area contributed by atoms with Crippen LogP contribution in [0.1, 0.15) is 18.0 Å². The summed E-state index contributed by atoms with van der Waals surface area (Å²) in [6, 6.07) is 15.4. The topological polar surface area (TPSA) is 61.8 Å². The Morgan fingerprint density at radius 2 is 1.92 bits per heavy atom. The molecule has 2 aromatic rings. The first-order chi connectivity index (χ1) is 12.6. The molecule has 0 aliphatic carbocycles. The van der Waals surface area contributed by atoms with Gasteiger partial charge in [-0.25, -0.2) is 4.39 Å². The van der Waals surface area contributed by atoms with Gasteiger partial charge in [0.15, 0.2) is 0 Å². The standard InChI is InChI=1S/C20H23FN2O3/c21-16-6-8-18(9-7-16)26-14-17(24)13-23-11-10-22-20(25)12-19(23)15-4-2-1-3-5-15/h1-9,17,19,24H,10-14H2,(H,22,25). The molecule has 2 atom stereocenters. The minimum atomic E-state index is -0.723. The highest BCUT2D eigenvalue weighted by molar-refractivity contribution is 5.77. The van der Waals surface area contributed by atoms with Crippen LogP contribution in [0.3, 0.4) is 0 Å². The van der Waals surface area contributed by atoms with Gasteiger partial charge in [0.1, 0.15) is 24.3 Å². The van der Waals surface area contributed by atoms with Crippen LogP contribution in [0.2, 0.25) is 0 Å². The lowest BCUT2D eigenvalue weighted by atomic mass is 10.0. The summed E-state index contributed by atoms with van der Waals surface area (Å²) in [5, 5.41) is 13.3. The van der Waals surface area contributed by atoms with E-state index in [4.69, 9.17) is 4.74 Å². The van der Waals surface area contributed by atoms with E-state index < -0.39 is 6.10 Å². The molecule has 0 spiro atoms. The van der Waals surface area contributed by atoms with Crippen LogP contribution < -0.4 is 10.1 Å². The van der Waals surface area contributed by atoms with Gasteiger partial charge in [0, 0.05) is 32.1 Å². The predicted octanol–water partition coefficient (Wildman–Crippen LogP) is 2.13. The van der Waals surface area contributed by atoms with Crippen LogP contribution in [0.5, 0.6) is 5.75 Å². The second-order valence-corrected chi connectivity index (χ2v) is 6.39. The number of rotatable bonds is 6. The number of benzene rings is 2. The number of aliphatic hydroxyl groups is 1. The van der Waals surface area contributed by atoms with Crippen molar-refractivity contribution in [1.29, 1.82) is 0 Å². The summed E-state index contributed by atoms with van der Waals surface area (Å²) in [6.07, 6.45) is -0.366. The Kier molecular flexibility index (Phi) is 6.20. The maximum absolute atomic E-state index is 12.9. The molecule has 0 bridgehead atoms. The van der Waals surface area contributed by atoms with Gasteiger partial charge in [-0.05, 0) is 29.8 Å². The number of hydrogen-bond acceptors (Lipinski definition) is 4. The van der Waals surface area contributed by atoms with E-state index in [0.717, 1.165) is 5.56 Å². The lowest BCUT2D eigenvalue weighted by molar-refractivity contribution is -0.121. The van der Waals surface area contributed by atoms with Gasteiger partial charge in [0.2, 0.25) is 5.91 Å². The summed E-state index contributed by atoms with van der Waals surface area (Å²) < 4.78 is 18.5. The maximum atomic E-state index is 12.9. The van der Waals surface area contributed by atoms with E-state index in [1.54, 1.807) is 0 Å². The average Bonchev–Trinajstić information content (AvgIpc) is 2.83. The molecule has 0 radical (unpaired) electrons. The van der Waals surface area contributed by atoms with Crippen LogP contribution in [0.4, 0.5) is 4.39 Å². The van der Waals surface area contributed by atoms with Crippen molar-refractivity contribution < 1.29 is 19.0 Å². The number of hydrogen-bond donors (Lipinski definition) is 2. The molecular weight excluding hydrogens is 335 g/mol. The second-order valence-electron chi connectivity index (χ2n) is 6.39. The van der Waals surface area contributed by atoms with Gasteiger partial charge in [-0.15, -0.1) is 0 Å². The van der Waals surface area contributed by atoms with Crippen LogP contribution in [0.25, 0.3) is 0 Å². The van der Waals surface area contributed by atoms with Crippen LogP contribution >= 0.6 is 0 Å². The fraction of sp³-hybridized carbons (Fsp3) is 0.350. The number of aliphatic hydroxyl groups excluding tert-OH is 1. The minimum Gasteiger partial charge on any atom is -0.491 e. The molecule has 26 heavy (non-hydrogen) atoms. The van der Waals surface area contributed by atoms with Crippen molar-refractivity contribution in [2.75, 3.05) is 26.2 Å². The Balaban J connectivity index is 1.62. The number of β-amino-alcohol motifs (C(OH)–C–C–N with tert-alkyl or cyclic N) is 1. The molecule has 1 heterocycles. The third kappa shape index (κ3) is 5.03. The molecule has 138 valence electrons. The number of ether oxygens (including phenoxy) is 1. The largest absolute Gasteiger partial charge is 0.491 e. The normalized spacial score (nSPS) is 19.5. The van der Waals surface area contributed by atoms with E-state index in [2.05, 4.69) is 10.2 Å². The van der Waals surface area contributed by atoms with Crippen molar-refractivity contribution >= 4 is 5.91 Å². The zero-order valence-electron chi connectivity index (χ0n) is 14.5. The van der Waals surface area contributed by atoms with Gasteiger partial charge in [-0.1, -0.05) is 30.3 Å². The summed E-state index contributed by atoms with van der Waals surface area (Å²) in [7, 11) is 0. The van der Waals surface area contributed by atoms with Gasteiger partial charge in [-0.3, -0.25) is 9.69 Å². The van der Waals surface area contributed by atoms with Crippen molar-refractivity contribution in [1.82, 2.24) is 10.2 Å². The zero-order chi connectivity index (χ0) is 18.4. The number of halogens is 1. The zero-order valence-corrected chi connectivity index (χ0v) is 14.5. The Hall–Kier alpha value is -2.44. The highest BCUT2D eigenvalue weighted by atomic mass is 19.1. The fourth-order valence-electron chi connectivity index (χ4n) is 3.14. The molecule has 0 saturated carbocycles. The fourth-order valence-corrected chi connectivity index (χ4v) is 3.14. The van der Waals surface area contributed by atoms with Crippen molar-refractivity contribution in [3.05, 3.63) is 66.0 Å². The van der Waals surface area contributed by atoms with Crippen LogP contribution in [-0.2, 0) is 4.79 Å². The SMILES string of the molecule is O=C1CC(c2ccccc2)N(CC(O)COc2ccc(F)cc2)CCN1. The smallest absolute Gasteiger partial charge is 0.221 e. The van der Waals surface area contributed by atoms with E-state index >= 15 is 0 Å². The second kappa shape index (κ2) is 8.78. The Morgan fingerprint density at radius 3 is 2.65 bits per heavy atom. The Bertz CT molecular complexity index is 709. The van der Waals surface area contributed by atoms with Gasteiger partial charge in [-0.2, -0.15) is 0 Å². The Morgan fingerprint density at radius 1 is 1.19 bits per heavy atom. The van der Waals surface area contributed by atoms with Crippen LogP contribution in [0, 0.1) is 5.82 Å². The quantitative estimate of drug-likeness (QED) is 0.831. The van der Waals surface area contributed by atoms with Gasteiger partial charge >= 0.3 is 0 Å². The summed E-state index contributed by atoms with van der Waals surface area (Å²) in [5.74, 6) is 0.196. The van der Waals surface area contributed by atoms with E-state index in [1.807, 2.05) is 30.3 Å². The first-order valence-corrected chi connectivity index (χ1v) is 8.74. The highest BCUT2D eigenvalue weighted by Crippen LogP contribution is 2.25. The molecular formula is C20H23FN2O3.